The van der Waals surface area contributed by atoms with Crippen LogP contribution in [-0.2, 0) is 12.5 Å². The Morgan fingerprint density at radius 2 is 2.12 bits per heavy atom. The third-order valence-corrected chi connectivity index (χ3v) is 2.87. The molecule has 1 aromatic rings. The van der Waals surface area contributed by atoms with Gasteiger partial charge in [0.15, 0.2) is 5.82 Å². The first-order valence-corrected chi connectivity index (χ1v) is 5.72. The Kier molecular flexibility index (Phi) is 2.52. The lowest BCUT2D eigenvalue weighted by atomic mass is 9.93. The summed E-state index contributed by atoms with van der Waals surface area (Å²) in [6, 6.07) is 0.377. The maximum absolute atomic E-state index is 11.9. The first kappa shape index (κ1) is 11.2. The molecular formula is C12H19N3O. The van der Waals surface area contributed by atoms with Gasteiger partial charge in [-0.1, -0.05) is 20.8 Å². The van der Waals surface area contributed by atoms with Crippen LogP contribution >= 0.6 is 0 Å². The van der Waals surface area contributed by atoms with Crippen LogP contribution in [0, 0.1) is 0 Å². The normalized spacial score (nSPS) is 16.2. The van der Waals surface area contributed by atoms with E-state index in [0.717, 1.165) is 18.5 Å². The van der Waals surface area contributed by atoms with E-state index in [1.807, 2.05) is 11.6 Å². The van der Waals surface area contributed by atoms with Crippen LogP contribution < -0.4 is 5.32 Å². The number of imidazole rings is 1. The van der Waals surface area contributed by atoms with Crippen molar-refractivity contribution in [2.24, 2.45) is 7.05 Å². The first-order valence-electron chi connectivity index (χ1n) is 5.72. The Hall–Kier alpha value is -1.32. The molecule has 1 aliphatic carbocycles. The van der Waals surface area contributed by atoms with E-state index in [1.165, 1.54) is 0 Å². The molecule has 1 fully saturated rings. The maximum atomic E-state index is 11.9. The summed E-state index contributed by atoms with van der Waals surface area (Å²) in [7, 11) is 1.90. The van der Waals surface area contributed by atoms with E-state index in [1.54, 1.807) is 6.20 Å². The van der Waals surface area contributed by atoms with Crippen molar-refractivity contribution in [2.75, 3.05) is 0 Å². The number of carbonyl (C=O) groups excluding carboxylic acids is 1. The molecule has 1 aromatic heterocycles. The number of carbonyl (C=O) groups is 1. The van der Waals surface area contributed by atoms with Gasteiger partial charge in [-0.2, -0.15) is 0 Å². The molecule has 1 saturated carbocycles. The van der Waals surface area contributed by atoms with Gasteiger partial charge in [-0.05, 0) is 12.8 Å². The number of nitrogens with zero attached hydrogens (tertiary/aromatic N) is 2. The number of nitrogens with one attached hydrogen (secondary N) is 1. The Bertz CT molecular complexity index is 410. The van der Waals surface area contributed by atoms with Crippen LogP contribution in [0.15, 0.2) is 6.20 Å². The maximum Gasteiger partial charge on any atom is 0.287 e. The molecule has 0 spiro atoms. The lowest BCUT2D eigenvalue weighted by Crippen LogP contribution is -2.29. The molecule has 2 rings (SSSR count). The fourth-order valence-corrected chi connectivity index (χ4v) is 1.79. The van der Waals surface area contributed by atoms with Gasteiger partial charge in [0.2, 0.25) is 0 Å². The molecule has 0 aromatic carbocycles. The van der Waals surface area contributed by atoms with E-state index in [2.05, 4.69) is 31.1 Å². The average molecular weight is 221 g/mol. The minimum Gasteiger partial charge on any atom is -0.347 e. The SMILES string of the molecule is Cn1c(C(C)(C)C)cnc1C(=O)NC1CC1. The second kappa shape index (κ2) is 3.61. The van der Waals surface area contributed by atoms with Crippen molar-refractivity contribution < 1.29 is 4.79 Å². The predicted octanol–water partition coefficient (Wildman–Crippen LogP) is 1.61. The number of amides is 1. The van der Waals surface area contributed by atoms with Crippen LogP contribution in [0.25, 0.3) is 0 Å². The zero-order valence-electron chi connectivity index (χ0n) is 10.4. The van der Waals surface area contributed by atoms with Gasteiger partial charge in [-0.15, -0.1) is 0 Å². The Morgan fingerprint density at radius 3 is 2.56 bits per heavy atom. The van der Waals surface area contributed by atoms with Gasteiger partial charge in [-0.3, -0.25) is 4.79 Å². The summed E-state index contributed by atoms with van der Waals surface area (Å²) in [5, 5.41) is 2.95. The summed E-state index contributed by atoms with van der Waals surface area (Å²) in [6.07, 6.45) is 3.99. The summed E-state index contributed by atoms with van der Waals surface area (Å²) < 4.78 is 1.89. The van der Waals surface area contributed by atoms with Crippen molar-refractivity contribution in [2.45, 2.75) is 45.1 Å². The molecule has 0 saturated heterocycles. The average Bonchev–Trinajstić information content (AvgIpc) is 2.85. The molecule has 1 heterocycles. The zero-order valence-corrected chi connectivity index (χ0v) is 10.4. The number of hydrogen-bond donors (Lipinski definition) is 1. The molecule has 0 radical (unpaired) electrons. The van der Waals surface area contributed by atoms with Crippen LogP contribution in [0.1, 0.15) is 49.9 Å². The van der Waals surface area contributed by atoms with Gasteiger partial charge in [0, 0.05) is 30.4 Å². The Morgan fingerprint density at radius 1 is 1.50 bits per heavy atom. The highest BCUT2D eigenvalue weighted by Crippen LogP contribution is 2.23. The standard InChI is InChI=1S/C12H19N3O/c1-12(2,3)9-7-13-10(15(9)4)11(16)14-8-5-6-8/h7-8H,5-6H2,1-4H3,(H,14,16). The third kappa shape index (κ3) is 2.10. The fourth-order valence-electron chi connectivity index (χ4n) is 1.79. The topological polar surface area (TPSA) is 46.9 Å². The van der Waals surface area contributed by atoms with Gasteiger partial charge in [0.1, 0.15) is 0 Å². The molecule has 1 amide bonds. The fraction of sp³-hybridized carbons (Fsp3) is 0.667. The van der Waals surface area contributed by atoms with E-state index in [0.29, 0.717) is 11.9 Å². The van der Waals surface area contributed by atoms with Crippen LogP contribution in [-0.4, -0.2) is 21.5 Å². The predicted molar refractivity (Wildman–Crippen MR) is 62.4 cm³/mol. The van der Waals surface area contributed by atoms with Crippen molar-refractivity contribution in [1.29, 1.82) is 0 Å². The minimum atomic E-state index is -0.0551. The summed E-state index contributed by atoms with van der Waals surface area (Å²) >= 11 is 0. The molecule has 0 unspecified atom stereocenters. The third-order valence-electron chi connectivity index (χ3n) is 2.87. The summed E-state index contributed by atoms with van der Waals surface area (Å²) in [6.45, 7) is 6.35. The van der Waals surface area contributed by atoms with Crippen LogP contribution in [0.2, 0.25) is 0 Å². The van der Waals surface area contributed by atoms with E-state index >= 15 is 0 Å². The summed E-state index contributed by atoms with van der Waals surface area (Å²) in [4.78, 5) is 16.1. The minimum absolute atomic E-state index is 0.0138. The van der Waals surface area contributed by atoms with E-state index < -0.39 is 0 Å². The molecule has 0 atom stereocenters. The summed E-state index contributed by atoms with van der Waals surface area (Å²) in [5.74, 6) is 0.456. The molecule has 0 aliphatic heterocycles. The highest BCUT2D eigenvalue weighted by molar-refractivity contribution is 5.91. The number of rotatable bonds is 2. The van der Waals surface area contributed by atoms with Crippen LogP contribution in [0.5, 0.6) is 0 Å². The quantitative estimate of drug-likeness (QED) is 0.824. The number of aromatic nitrogens is 2. The lowest BCUT2D eigenvalue weighted by molar-refractivity contribution is 0.0937. The molecule has 4 heteroatoms. The zero-order chi connectivity index (χ0) is 11.9. The van der Waals surface area contributed by atoms with Crippen molar-refractivity contribution in [3.8, 4) is 0 Å². The first-order chi connectivity index (χ1) is 7.39. The molecule has 0 bridgehead atoms. The molecule has 88 valence electrons. The van der Waals surface area contributed by atoms with E-state index in [-0.39, 0.29) is 11.3 Å². The van der Waals surface area contributed by atoms with E-state index in [9.17, 15) is 4.79 Å². The highest BCUT2D eigenvalue weighted by Gasteiger charge is 2.27. The summed E-state index contributed by atoms with van der Waals surface area (Å²) in [5.41, 5.74) is 1.09. The van der Waals surface area contributed by atoms with Crippen molar-refractivity contribution in [3.63, 3.8) is 0 Å². The smallest absolute Gasteiger partial charge is 0.287 e. The van der Waals surface area contributed by atoms with Crippen LogP contribution in [0.4, 0.5) is 0 Å². The molecule has 4 nitrogen and oxygen atoms in total. The van der Waals surface area contributed by atoms with Gasteiger partial charge < -0.3 is 9.88 Å². The Balaban J connectivity index is 2.21. The molecular weight excluding hydrogens is 202 g/mol. The largest absolute Gasteiger partial charge is 0.347 e. The molecule has 1 aliphatic rings. The molecule has 16 heavy (non-hydrogen) atoms. The Labute approximate surface area is 96.1 Å². The van der Waals surface area contributed by atoms with Gasteiger partial charge in [0.05, 0.1) is 0 Å². The van der Waals surface area contributed by atoms with Crippen LogP contribution in [0.3, 0.4) is 0 Å². The van der Waals surface area contributed by atoms with Crippen molar-refractivity contribution >= 4 is 5.91 Å². The highest BCUT2D eigenvalue weighted by atomic mass is 16.2. The van der Waals surface area contributed by atoms with Crippen molar-refractivity contribution in [1.82, 2.24) is 14.9 Å². The monoisotopic (exact) mass is 221 g/mol. The lowest BCUT2D eigenvalue weighted by Gasteiger charge is -2.19. The van der Waals surface area contributed by atoms with Gasteiger partial charge in [-0.25, -0.2) is 4.98 Å². The van der Waals surface area contributed by atoms with Gasteiger partial charge in [0.25, 0.3) is 5.91 Å². The second-order valence-corrected chi connectivity index (χ2v) is 5.52. The van der Waals surface area contributed by atoms with Crippen molar-refractivity contribution in [3.05, 3.63) is 17.7 Å². The van der Waals surface area contributed by atoms with E-state index in [4.69, 9.17) is 0 Å². The number of hydrogen-bond acceptors (Lipinski definition) is 2. The second-order valence-electron chi connectivity index (χ2n) is 5.52. The van der Waals surface area contributed by atoms with Gasteiger partial charge >= 0.3 is 0 Å². The molecule has 1 N–H and O–H groups in total.